The van der Waals surface area contributed by atoms with Gasteiger partial charge in [-0.3, -0.25) is 4.40 Å². The van der Waals surface area contributed by atoms with E-state index in [4.69, 9.17) is 27.9 Å². The Morgan fingerprint density at radius 2 is 1.96 bits per heavy atom. The smallest absolute Gasteiger partial charge is 0.342 e. The molecule has 3 rings (SSSR count). The number of benzene rings is 1. The Hall–Kier alpha value is -2.62. The molecule has 0 radical (unpaired) electrons. The second kappa shape index (κ2) is 6.84. The second-order valence-corrected chi connectivity index (χ2v) is 7.80. The van der Waals surface area contributed by atoms with Crippen LogP contribution >= 0.6 is 23.2 Å². The number of carbonyl (C=O) groups excluding carboxylic acids is 1. The van der Waals surface area contributed by atoms with Crippen molar-refractivity contribution in [3.05, 3.63) is 51.4 Å². The molecule has 0 amide bonds. The lowest BCUT2D eigenvalue weighted by atomic mass is 10.0. The highest BCUT2D eigenvalue weighted by molar-refractivity contribution is 6.36. The van der Waals surface area contributed by atoms with E-state index in [1.54, 1.807) is 50.3 Å². The fourth-order valence-electron chi connectivity index (χ4n) is 2.68. The lowest BCUT2D eigenvalue weighted by molar-refractivity contribution is 0.00687. The van der Waals surface area contributed by atoms with Crippen LogP contribution in [0.25, 0.3) is 17.0 Å². The van der Waals surface area contributed by atoms with E-state index < -0.39 is 11.6 Å². The van der Waals surface area contributed by atoms with Gasteiger partial charge in [0.1, 0.15) is 17.2 Å². The van der Waals surface area contributed by atoms with Gasteiger partial charge in [-0.1, -0.05) is 23.2 Å². The first-order valence-corrected chi connectivity index (χ1v) is 8.85. The Morgan fingerprint density at radius 1 is 1.26 bits per heavy atom. The van der Waals surface area contributed by atoms with Crippen LogP contribution in [0.15, 0.2) is 24.4 Å². The number of ether oxygens (including phenoxy) is 1. The van der Waals surface area contributed by atoms with Gasteiger partial charge in [-0.2, -0.15) is 10.2 Å². The Bertz CT molecular complexity index is 1110. The summed E-state index contributed by atoms with van der Waals surface area (Å²) in [5, 5.41) is 10.0. The maximum absolute atomic E-state index is 12.9. The molecule has 2 heterocycles. The molecule has 0 N–H and O–H groups in total. The standard InChI is InChI=1S/C19H16Cl2N4O2/c1-10-15(17(26)27-19(2,3)4)16(13-6-5-11(20)7-14(13)21)25-9-12(8-22)24-18(25)23-10/h5-7,9H,1-4H3. The van der Waals surface area contributed by atoms with E-state index in [9.17, 15) is 10.1 Å². The molecule has 6 nitrogen and oxygen atoms in total. The average molecular weight is 403 g/mol. The van der Waals surface area contributed by atoms with E-state index in [1.807, 2.05) is 6.07 Å². The number of carbonyl (C=O) groups is 1. The van der Waals surface area contributed by atoms with Gasteiger partial charge in [0.25, 0.3) is 0 Å². The number of aromatic nitrogens is 3. The predicted molar refractivity (Wildman–Crippen MR) is 103 cm³/mol. The van der Waals surface area contributed by atoms with E-state index in [0.29, 0.717) is 27.0 Å². The van der Waals surface area contributed by atoms with Crippen LogP contribution in [-0.4, -0.2) is 25.9 Å². The maximum atomic E-state index is 12.9. The summed E-state index contributed by atoms with van der Waals surface area (Å²) in [5.74, 6) is -0.250. The van der Waals surface area contributed by atoms with Crippen LogP contribution in [0.4, 0.5) is 0 Å². The number of nitriles is 1. The molecule has 0 aliphatic heterocycles. The number of hydrogen-bond acceptors (Lipinski definition) is 5. The highest BCUT2D eigenvalue weighted by atomic mass is 35.5. The molecule has 0 spiro atoms. The van der Waals surface area contributed by atoms with Crippen LogP contribution in [0.1, 0.15) is 42.5 Å². The van der Waals surface area contributed by atoms with Crippen molar-refractivity contribution in [1.82, 2.24) is 14.4 Å². The largest absolute Gasteiger partial charge is 0.456 e. The van der Waals surface area contributed by atoms with Crippen molar-refractivity contribution in [1.29, 1.82) is 5.26 Å². The summed E-state index contributed by atoms with van der Waals surface area (Å²) < 4.78 is 7.13. The Labute approximate surface area is 166 Å². The Kier molecular flexibility index (Phi) is 4.85. The van der Waals surface area contributed by atoms with Gasteiger partial charge < -0.3 is 4.74 Å². The van der Waals surface area contributed by atoms with Crippen LogP contribution in [0.2, 0.25) is 10.0 Å². The predicted octanol–water partition coefficient (Wildman–Crippen LogP) is 4.84. The maximum Gasteiger partial charge on any atom is 0.342 e. The van der Waals surface area contributed by atoms with E-state index in [-0.39, 0.29) is 17.0 Å². The van der Waals surface area contributed by atoms with Crippen molar-refractivity contribution in [2.45, 2.75) is 33.3 Å². The summed E-state index contributed by atoms with van der Waals surface area (Å²) in [7, 11) is 0. The molecule has 0 aliphatic rings. The van der Waals surface area contributed by atoms with Crippen molar-refractivity contribution in [3.63, 3.8) is 0 Å². The van der Waals surface area contributed by atoms with Gasteiger partial charge in [-0.15, -0.1) is 0 Å². The van der Waals surface area contributed by atoms with E-state index in [0.717, 1.165) is 0 Å². The summed E-state index contributed by atoms with van der Waals surface area (Å²) in [4.78, 5) is 21.5. The van der Waals surface area contributed by atoms with E-state index in [1.165, 1.54) is 6.20 Å². The van der Waals surface area contributed by atoms with Gasteiger partial charge in [0, 0.05) is 16.8 Å². The molecule has 27 heavy (non-hydrogen) atoms. The average Bonchev–Trinajstić information content (AvgIpc) is 2.95. The first-order valence-electron chi connectivity index (χ1n) is 8.09. The number of aryl methyl sites for hydroxylation is 1. The van der Waals surface area contributed by atoms with Gasteiger partial charge in [-0.25, -0.2) is 9.78 Å². The van der Waals surface area contributed by atoms with Gasteiger partial charge >= 0.3 is 5.97 Å². The molecular weight excluding hydrogens is 387 g/mol. The van der Waals surface area contributed by atoms with E-state index >= 15 is 0 Å². The topological polar surface area (TPSA) is 80.3 Å². The molecule has 0 saturated carbocycles. The van der Waals surface area contributed by atoms with Crippen LogP contribution < -0.4 is 0 Å². The number of halogens is 2. The molecule has 0 bridgehead atoms. The lowest BCUT2D eigenvalue weighted by Gasteiger charge is -2.22. The quantitative estimate of drug-likeness (QED) is 0.572. The number of imidazole rings is 1. The zero-order valence-electron chi connectivity index (χ0n) is 15.2. The minimum absolute atomic E-state index is 0.176. The summed E-state index contributed by atoms with van der Waals surface area (Å²) in [6, 6.07) is 6.95. The van der Waals surface area contributed by atoms with Crippen molar-refractivity contribution in [2.75, 3.05) is 0 Å². The normalized spacial score (nSPS) is 11.4. The monoisotopic (exact) mass is 402 g/mol. The summed E-state index contributed by atoms with van der Waals surface area (Å²) in [6.07, 6.45) is 1.51. The third-order valence-corrected chi connectivity index (χ3v) is 4.25. The summed E-state index contributed by atoms with van der Waals surface area (Å²) >= 11 is 12.4. The molecule has 3 aromatic rings. The molecule has 138 valence electrons. The number of esters is 1. The van der Waals surface area contributed by atoms with Gasteiger partial charge in [0.05, 0.1) is 16.4 Å². The SMILES string of the molecule is Cc1nc2nc(C#N)cn2c(-c2ccc(Cl)cc2Cl)c1C(=O)OC(C)(C)C. The van der Waals surface area contributed by atoms with E-state index in [2.05, 4.69) is 9.97 Å². The van der Waals surface area contributed by atoms with Crippen LogP contribution in [0.5, 0.6) is 0 Å². The molecule has 0 saturated heterocycles. The molecular formula is C19H16Cl2N4O2. The molecule has 8 heteroatoms. The van der Waals surface area contributed by atoms with Crippen molar-refractivity contribution in [3.8, 4) is 17.3 Å². The second-order valence-electron chi connectivity index (χ2n) is 6.95. The number of rotatable bonds is 2. The third kappa shape index (κ3) is 3.75. The molecule has 0 unspecified atom stereocenters. The van der Waals surface area contributed by atoms with Crippen LogP contribution in [0, 0.1) is 18.3 Å². The number of hydrogen-bond donors (Lipinski definition) is 0. The minimum Gasteiger partial charge on any atom is -0.456 e. The van der Waals surface area contributed by atoms with Crippen molar-refractivity contribution >= 4 is 34.9 Å². The van der Waals surface area contributed by atoms with Crippen LogP contribution in [-0.2, 0) is 4.74 Å². The molecule has 0 aliphatic carbocycles. The van der Waals surface area contributed by atoms with Crippen molar-refractivity contribution < 1.29 is 9.53 Å². The van der Waals surface area contributed by atoms with Gasteiger partial charge in [0.2, 0.25) is 5.78 Å². The fourth-order valence-corrected chi connectivity index (χ4v) is 3.18. The lowest BCUT2D eigenvalue weighted by Crippen LogP contribution is -2.25. The molecule has 1 aromatic carbocycles. The van der Waals surface area contributed by atoms with Crippen molar-refractivity contribution in [2.24, 2.45) is 0 Å². The summed E-state index contributed by atoms with van der Waals surface area (Å²) in [6.45, 7) is 7.04. The number of nitrogens with zero attached hydrogens (tertiary/aromatic N) is 4. The highest BCUT2D eigenvalue weighted by Gasteiger charge is 2.27. The molecule has 0 atom stereocenters. The number of fused-ring (bicyclic) bond motifs is 1. The third-order valence-electron chi connectivity index (χ3n) is 3.70. The molecule has 0 fully saturated rings. The first kappa shape index (κ1) is 19.2. The minimum atomic E-state index is -0.688. The zero-order valence-corrected chi connectivity index (χ0v) is 16.7. The van der Waals surface area contributed by atoms with Gasteiger partial charge in [0.15, 0.2) is 5.69 Å². The summed E-state index contributed by atoms with van der Waals surface area (Å²) in [5.41, 5.74) is 1.17. The fraction of sp³-hybridized carbons (Fsp3) is 0.263. The highest BCUT2D eigenvalue weighted by Crippen LogP contribution is 2.35. The Balaban J connectivity index is 2.39. The Morgan fingerprint density at radius 3 is 2.56 bits per heavy atom. The van der Waals surface area contributed by atoms with Crippen LogP contribution in [0.3, 0.4) is 0 Å². The first-order chi connectivity index (χ1) is 12.6. The van der Waals surface area contributed by atoms with Gasteiger partial charge in [-0.05, 0) is 45.9 Å². The molecule has 2 aromatic heterocycles. The zero-order chi connectivity index (χ0) is 19.9.